The third kappa shape index (κ3) is 4.20. The van der Waals surface area contributed by atoms with Gasteiger partial charge in [0.25, 0.3) is 0 Å². The van der Waals surface area contributed by atoms with E-state index in [4.69, 9.17) is 0 Å². The SMILES string of the molecule is CC(C)S(=O)(=O)NC[C@](C)(F)c1ccc(-c2ccc3c(c2)CC(=O)N3)cc1. The van der Waals surface area contributed by atoms with Crippen molar-refractivity contribution in [3.8, 4) is 11.1 Å². The van der Waals surface area contributed by atoms with E-state index in [1.807, 2.05) is 18.2 Å². The molecule has 0 radical (unpaired) electrons. The van der Waals surface area contributed by atoms with Crippen LogP contribution in [0.5, 0.6) is 0 Å². The number of nitrogens with one attached hydrogen (secondary N) is 2. The minimum absolute atomic E-state index is 0.0189. The molecule has 27 heavy (non-hydrogen) atoms. The first-order valence-electron chi connectivity index (χ1n) is 8.79. The lowest BCUT2D eigenvalue weighted by atomic mass is 9.94. The second kappa shape index (κ2) is 7.05. The Labute approximate surface area is 159 Å². The van der Waals surface area contributed by atoms with Crippen LogP contribution in [0, 0.1) is 0 Å². The molecule has 2 aromatic rings. The normalized spacial score (nSPS) is 16.1. The Kier molecular flexibility index (Phi) is 5.10. The molecule has 1 aliphatic rings. The number of amides is 1. The average molecular weight is 390 g/mol. The number of carbonyl (C=O) groups is 1. The number of rotatable bonds is 6. The van der Waals surface area contributed by atoms with Crippen LogP contribution in [0.25, 0.3) is 11.1 Å². The number of alkyl halides is 1. The third-order valence-electron chi connectivity index (χ3n) is 4.78. The monoisotopic (exact) mass is 390 g/mol. The van der Waals surface area contributed by atoms with Gasteiger partial charge in [-0.05, 0) is 55.2 Å². The van der Waals surface area contributed by atoms with Crippen molar-refractivity contribution in [3.63, 3.8) is 0 Å². The minimum atomic E-state index is -3.52. The number of hydrogen-bond acceptors (Lipinski definition) is 3. The summed E-state index contributed by atoms with van der Waals surface area (Å²) >= 11 is 0. The largest absolute Gasteiger partial charge is 0.326 e. The van der Waals surface area contributed by atoms with Crippen LogP contribution >= 0.6 is 0 Å². The highest BCUT2D eigenvalue weighted by Crippen LogP contribution is 2.31. The second-order valence-corrected chi connectivity index (χ2v) is 9.61. The predicted octanol–water partition coefficient (Wildman–Crippen LogP) is 3.36. The lowest BCUT2D eigenvalue weighted by Crippen LogP contribution is -2.39. The van der Waals surface area contributed by atoms with Gasteiger partial charge in [0.1, 0.15) is 5.67 Å². The fourth-order valence-electron chi connectivity index (χ4n) is 2.92. The Hall–Kier alpha value is -2.25. The summed E-state index contributed by atoms with van der Waals surface area (Å²) in [5.41, 5.74) is 2.19. The van der Waals surface area contributed by atoms with Crippen molar-refractivity contribution in [3.05, 3.63) is 53.6 Å². The van der Waals surface area contributed by atoms with E-state index in [-0.39, 0.29) is 12.5 Å². The van der Waals surface area contributed by atoms with Crippen molar-refractivity contribution >= 4 is 21.6 Å². The van der Waals surface area contributed by atoms with E-state index >= 15 is 4.39 Å². The Bertz CT molecular complexity index is 967. The average Bonchev–Trinajstić information content (AvgIpc) is 2.99. The van der Waals surface area contributed by atoms with Gasteiger partial charge >= 0.3 is 0 Å². The number of anilines is 1. The number of halogens is 1. The van der Waals surface area contributed by atoms with E-state index in [2.05, 4.69) is 10.0 Å². The molecular weight excluding hydrogens is 367 g/mol. The van der Waals surface area contributed by atoms with Gasteiger partial charge in [-0.1, -0.05) is 30.3 Å². The molecule has 0 fully saturated rings. The smallest absolute Gasteiger partial charge is 0.228 e. The Morgan fingerprint density at radius 3 is 2.41 bits per heavy atom. The number of hydrogen-bond donors (Lipinski definition) is 2. The van der Waals surface area contributed by atoms with Crippen LogP contribution in [0.3, 0.4) is 0 Å². The number of benzene rings is 2. The molecule has 144 valence electrons. The predicted molar refractivity (Wildman–Crippen MR) is 105 cm³/mol. The minimum Gasteiger partial charge on any atom is -0.326 e. The molecule has 0 saturated heterocycles. The number of fused-ring (bicyclic) bond motifs is 1. The summed E-state index contributed by atoms with van der Waals surface area (Å²) in [4.78, 5) is 11.5. The molecule has 0 bridgehead atoms. The maximum atomic E-state index is 15.0. The number of sulfonamides is 1. The van der Waals surface area contributed by atoms with Gasteiger partial charge in [0, 0.05) is 12.2 Å². The fraction of sp³-hybridized carbons (Fsp3) is 0.350. The highest BCUT2D eigenvalue weighted by molar-refractivity contribution is 7.90. The van der Waals surface area contributed by atoms with Gasteiger partial charge in [-0.3, -0.25) is 4.79 Å². The quantitative estimate of drug-likeness (QED) is 0.794. The van der Waals surface area contributed by atoms with E-state index < -0.39 is 20.9 Å². The number of carbonyl (C=O) groups excluding carboxylic acids is 1. The molecule has 0 unspecified atom stereocenters. The van der Waals surface area contributed by atoms with Gasteiger partial charge in [-0.25, -0.2) is 17.5 Å². The van der Waals surface area contributed by atoms with Crippen LogP contribution in [0.2, 0.25) is 0 Å². The highest BCUT2D eigenvalue weighted by atomic mass is 32.2. The Morgan fingerprint density at radius 1 is 1.15 bits per heavy atom. The van der Waals surface area contributed by atoms with Gasteiger partial charge in [0.05, 0.1) is 11.7 Å². The first-order valence-corrected chi connectivity index (χ1v) is 10.3. The van der Waals surface area contributed by atoms with Crippen molar-refractivity contribution in [1.29, 1.82) is 0 Å². The van der Waals surface area contributed by atoms with E-state index in [1.165, 1.54) is 6.92 Å². The van der Waals surface area contributed by atoms with Crippen LogP contribution in [-0.4, -0.2) is 26.1 Å². The molecule has 1 heterocycles. The second-order valence-electron chi connectivity index (χ2n) is 7.29. The zero-order valence-corrected chi connectivity index (χ0v) is 16.4. The summed E-state index contributed by atoms with van der Waals surface area (Å²) in [6.45, 7) is 4.13. The molecule has 1 atom stereocenters. The molecule has 0 aromatic heterocycles. The summed E-state index contributed by atoms with van der Waals surface area (Å²) < 4.78 is 41.0. The zero-order chi connectivity index (χ0) is 19.8. The summed E-state index contributed by atoms with van der Waals surface area (Å²) in [6, 6.07) is 12.7. The highest BCUT2D eigenvalue weighted by Gasteiger charge is 2.29. The standard InChI is InChI=1S/C20H23FN2O3S/c1-13(2)27(25,26)22-12-20(3,21)17-7-4-14(5-8-17)15-6-9-18-16(10-15)11-19(24)23-18/h4-10,13,22H,11-12H2,1-3H3,(H,23,24)/t20-/m0/s1. The summed E-state index contributed by atoms with van der Waals surface area (Å²) in [6.07, 6.45) is 0.361. The molecule has 0 saturated carbocycles. The molecule has 7 heteroatoms. The maximum absolute atomic E-state index is 15.0. The van der Waals surface area contributed by atoms with Crippen LogP contribution in [0.4, 0.5) is 10.1 Å². The molecule has 5 nitrogen and oxygen atoms in total. The van der Waals surface area contributed by atoms with Crippen LogP contribution in [-0.2, 0) is 26.9 Å². The molecule has 2 aromatic carbocycles. The van der Waals surface area contributed by atoms with E-state index in [1.54, 1.807) is 38.1 Å². The molecule has 1 amide bonds. The molecular formula is C20H23FN2O3S. The molecule has 0 spiro atoms. The van der Waals surface area contributed by atoms with Crippen molar-refractivity contribution in [1.82, 2.24) is 4.72 Å². The van der Waals surface area contributed by atoms with Gasteiger partial charge in [0.2, 0.25) is 15.9 Å². The summed E-state index contributed by atoms with van der Waals surface area (Å²) in [5, 5.41) is 2.18. The van der Waals surface area contributed by atoms with E-state index in [0.29, 0.717) is 12.0 Å². The van der Waals surface area contributed by atoms with Crippen LogP contribution in [0.15, 0.2) is 42.5 Å². The first-order chi connectivity index (χ1) is 12.6. The third-order valence-corrected chi connectivity index (χ3v) is 6.56. The summed E-state index contributed by atoms with van der Waals surface area (Å²) in [5.74, 6) is -0.0189. The van der Waals surface area contributed by atoms with Crippen LogP contribution < -0.4 is 10.0 Å². The fourth-order valence-corrected chi connectivity index (χ4v) is 3.73. The van der Waals surface area contributed by atoms with Crippen molar-refractivity contribution in [2.45, 2.75) is 38.1 Å². The van der Waals surface area contributed by atoms with Gasteiger partial charge in [0.15, 0.2) is 0 Å². The maximum Gasteiger partial charge on any atom is 0.228 e. The van der Waals surface area contributed by atoms with Gasteiger partial charge < -0.3 is 5.32 Å². The lowest BCUT2D eigenvalue weighted by Gasteiger charge is -2.22. The molecule has 3 rings (SSSR count). The van der Waals surface area contributed by atoms with E-state index in [0.717, 1.165) is 22.4 Å². The molecule has 0 aliphatic carbocycles. The van der Waals surface area contributed by atoms with Crippen LogP contribution in [0.1, 0.15) is 31.9 Å². The molecule has 1 aliphatic heterocycles. The van der Waals surface area contributed by atoms with Crippen molar-refractivity contribution in [2.24, 2.45) is 0 Å². The zero-order valence-electron chi connectivity index (χ0n) is 15.5. The van der Waals surface area contributed by atoms with Gasteiger partial charge in [-0.2, -0.15) is 0 Å². The topological polar surface area (TPSA) is 75.3 Å². The summed E-state index contributed by atoms with van der Waals surface area (Å²) in [7, 11) is -3.52. The Morgan fingerprint density at radius 2 is 1.78 bits per heavy atom. The Balaban J connectivity index is 1.77. The van der Waals surface area contributed by atoms with Crippen molar-refractivity contribution < 1.29 is 17.6 Å². The first kappa shape index (κ1) is 19.5. The molecule has 2 N–H and O–H groups in total. The lowest BCUT2D eigenvalue weighted by molar-refractivity contribution is -0.115. The van der Waals surface area contributed by atoms with Gasteiger partial charge in [-0.15, -0.1) is 0 Å². The van der Waals surface area contributed by atoms with E-state index in [9.17, 15) is 13.2 Å². The van der Waals surface area contributed by atoms with Crippen molar-refractivity contribution in [2.75, 3.05) is 11.9 Å².